The van der Waals surface area contributed by atoms with E-state index in [2.05, 4.69) is 12.4 Å². The normalized spacial score (nSPS) is 41.8. The highest BCUT2D eigenvalue weighted by atomic mass is 16.2. The Bertz CT molecular complexity index is 205. The lowest BCUT2D eigenvalue weighted by Gasteiger charge is -2.47. The van der Waals surface area contributed by atoms with E-state index in [1.165, 1.54) is 25.8 Å². The molecule has 0 aromatic heterocycles. The van der Waals surface area contributed by atoms with Crippen LogP contribution < -0.4 is 5.32 Å². The van der Waals surface area contributed by atoms with Crippen LogP contribution in [0, 0.1) is 0 Å². The lowest BCUT2D eigenvalue weighted by molar-refractivity contribution is -0.932. The van der Waals surface area contributed by atoms with Gasteiger partial charge in [-0.25, -0.2) is 0 Å². The Morgan fingerprint density at radius 1 is 1.50 bits per heavy atom. The number of quaternary nitrogens is 1. The summed E-state index contributed by atoms with van der Waals surface area (Å²) in [6.45, 7) is 2.79. The van der Waals surface area contributed by atoms with E-state index in [-0.39, 0.29) is 5.91 Å². The molecule has 3 heteroatoms. The number of amides is 1. The highest BCUT2D eigenvalue weighted by Gasteiger charge is 2.40. The topological polar surface area (TPSA) is 29.1 Å². The van der Waals surface area contributed by atoms with Crippen molar-refractivity contribution in [3.63, 3.8) is 0 Å². The molecular weight excluding hydrogens is 152 g/mol. The summed E-state index contributed by atoms with van der Waals surface area (Å²) >= 11 is 0. The number of piperidine rings is 1. The van der Waals surface area contributed by atoms with Crippen molar-refractivity contribution in [3.05, 3.63) is 0 Å². The van der Waals surface area contributed by atoms with Crippen LogP contribution in [0.1, 0.15) is 19.3 Å². The van der Waals surface area contributed by atoms with Crippen LogP contribution in [0.5, 0.6) is 0 Å². The van der Waals surface area contributed by atoms with Gasteiger partial charge in [0.25, 0.3) is 5.91 Å². The molecule has 2 fully saturated rings. The maximum absolute atomic E-state index is 11.2. The van der Waals surface area contributed by atoms with Gasteiger partial charge in [-0.3, -0.25) is 4.79 Å². The monoisotopic (exact) mass is 169 g/mol. The summed E-state index contributed by atoms with van der Waals surface area (Å²) in [5.74, 6) is 0.232. The number of piperazine rings is 1. The Morgan fingerprint density at radius 2 is 2.33 bits per heavy atom. The molecule has 3 nitrogen and oxygen atoms in total. The summed E-state index contributed by atoms with van der Waals surface area (Å²) in [4.78, 5) is 11.2. The Balaban J connectivity index is 2.12. The van der Waals surface area contributed by atoms with Crippen LogP contribution in [0.4, 0.5) is 0 Å². The van der Waals surface area contributed by atoms with E-state index in [9.17, 15) is 4.79 Å². The minimum Gasteiger partial charge on any atom is -0.345 e. The van der Waals surface area contributed by atoms with Gasteiger partial charge in [0.2, 0.25) is 0 Å². The predicted octanol–water partition coefficient (Wildman–Crippen LogP) is 0.115. The molecule has 2 unspecified atom stereocenters. The quantitative estimate of drug-likeness (QED) is 0.513. The maximum Gasteiger partial charge on any atom is 0.275 e. The summed E-state index contributed by atoms with van der Waals surface area (Å²) in [5, 5.41) is 2.95. The molecule has 0 aliphatic carbocycles. The fourth-order valence-corrected chi connectivity index (χ4v) is 2.49. The van der Waals surface area contributed by atoms with Crippen molar-refractivity contribution in [3.8, 4) is 0 Å². The first kappa shape index (κ1) is 8.05. The van der Waals surface area contributed by atoms with Crippen LogP contribution in [0.25, 0.3) is 0 Å². The second-order valence-electron chi connectivity index (χ2n) is 4.31. The maximum atomic E-state index is 11.2. The molecule has 0 aromatic rings. The number of nitrogens with one attached hydrogen (secondary N) is 1. The molecule has 12 heavy (non-hydrogen) atoms. The zero-order chi connectivity index (χ0) is 8.60. The number of likely N-dealkylation sites (N-methyl/N-ethyl adjacent to an activating group) is 1. The first-order valence-electron chi connectivity index (χ1n) is 4.82. The van der Waals surface area contributed by atoms with E-state index in [0.29, 0.717) is 12.6 Å². The summed E-state index contributed by atoms with van der Waals surface area (Å²) in [7, 11) is 2.22. The van der Waals surface area contributed by atoms with E-state index >= 15 is 0 Å². The van der Waals surface area contributed by atoms with Gasteiger partial charge in [-0.05, 0) is 12.8 Å². The van der Waals surface area contributed by atoms with Crippen molar-refractivity contribution in [1.82, 2.24) is 5.32 Å². The average Bonchev–Trinajstić information content (AvgIpc) is 2.02. The van der Waals surface area contributed by atoms with Gasteiger partial charge in [0.1, 0.15) is 6.04 Å². The lowest BCUT2D eigenvalue weighted by atomic mass is 9.97. The van der Waals surface area contributed by atoms with Gasteiger partial charge in [-0.15, -0.1) is 0 Å². The van der Waals surface area contributed by atoms with Gasteiger partial charge in [0.05, 0.1) is 20.1 Å². The molecule has 2 heterocycles. The van der Waals surface area contributed by atoms with Gasteiger partial charge in [-0.2, -0.15) is 0 Å². The van der Waals surface area contributed by atoms with Crippen LogP contribution in [-0.4, -0.2) is 43.1 Å². The predicted molar refractivity (Wildman–Crippen MR) is 46.6 cm³/mol. The zero-order valence-electron chi connectivity index (χ0n) is 7.68. The van der Waals surface area contributed by atoms with Crippen molar-refractivity contribution < 1.29 is 9.28 Å². The molecule has 1 N–H and O–H groups in total. The largest absolute Gasteiger partial charge is 0.345 e. The number of rotatable bonds is 0. The van der Waals surface area contributed by atoms with Crippen LogP contribution in [-0.2, 0) is 4.79 Å². The van der Waals surface area contributed by atoms with Crippen molar-refractivity contribution >= 4 is 5.91 Å². The van der Waals surface area contributed by atoms with Crippen molar-refractivity contribution in [2.24, 2.45) is 0 Å². The molecule has 1 amide bonds. The first-order valence-corrected chi connectivity index (χ1v) is 4.82. The smallest absolute Gasteiger partial charge is 0.275 e. The summed E-state index contributed by atoms with van der Waals surface area (Å²) < 4.78 is 0.992. The Labute approximate surface area is 73.3 Å². The van der Waals surface area contributed by atoms with Gasteiger partial charge < -0.3 is 9.80 Å². The highest BCUT2D eigenvalue weighted by Crippen LogP contribution is 2.24. The van der Waals surface area contributed by atoms with Crippen LogP contribution in [0.3, 0.4) is 0 Å². The van der Waals surface area contributed by atoms with E-state index in [0.717, 1.165) is 11.0 Å². The fourth-order valence-electron chi connectivity index (χ4n) is 2.49. The number of nitrogens with zero attached hydrogens (tertiary/aromatic N) is 1. The highest BCUT2D eigenvalue weighted by molar-refractivity contribution is 5.77. The third kappa shape index (κ3) is 1.22. The molecule has 0 spiro atoms. The van der Waals surface area contributed by atoms with Gasteiger partial charge >= 0.3 is 0 Å². The summed E-state index contributed by atoms with van der Waals surface area (Å²) in [6.07, 6.45) is 3.92. The second kappa shape index (κ2) is 2.73. The number of carbonyl (C=O) groups excluding carboxylic acids is 1. The lowest BCUT2D eigenvalue weighted by Crippen LogP contribution is -2.66. The van der Waals surface area contributed by atoms with E-state index in [4.69, 9.17) is 0 Å². The van der Waals surface area contributed by atoms with Crippen molar-refractivity contribution in [1.29, 1.82) is 0 Å². The molecule has 2 rings (SSSR count). The van der Waals surface area contributed by atoms with Gasteiger partial charge in [-0.1, -0.05) is 0 Å². The summed E-state index contributed by atoms with van der Waals surface area (Å²) in [5.41, 5.74) is 0. The van der Waals surface area contributed by atoms with E-state index in [1.54, 1.807) is 0 Å². The minimum absolute atomic E-state index is 0.232. The van der Waals surface area contributed by atoms with E-state index < -0.39 is 0 Å². The molecular formula is C9H17N2O+. The molecule has 2 saturated heterocycles. The first-order chi connectivity index (χ1) is 5.71. The van der Waals surface area contributed by atoms with Gasteiger partial charge in [0, 0.05) is 6.42 Å². The number of hydrogen-bond acceptors (Lipinski definition) is 1. The van der Waals surface area contributed by atoms with Crippen LogP contribution in [0.2, 0.25) is 0 Å². The molecule has 68 valence electrons. The minimum atomic E-state index is 0.232. The SMILES string of the molecule is C[N+]12CCCCC1CNC(=O)C2. The number of carbonyl (C=O) groups is 1. The Kier molecular flexibility index (Phi) is 1.83. The molecule has 2 aliphatic heterocycles. The second-order valence-corrected chi connectivity index (χ2v) is 4.31. The van der Waals surface area contributed by atoms with Crippen LogP contribution >= 0.6 is 0 Å². The Morgan fingerprint density at radius 3 is 3.17 bits per heavy atom. The van der Waals surface area contributed by atoms with Crippen molar-refractivity contribution in [2.45, 2.75) is 25.3 Å². The van der Waals surface area contributed by atoms with Crippen LogP contribution in [0.15, 0.2) is 0 Å². The summed E-state index contributed by atoms with van der Waals surface area (Å²) in [6, 6.07) is 0.691. The standard InChI is InChI=1S/C9H16N2O/c1-11-5-3-2-4-8(11)6-10-9(12)7-11/h8H,2-7H2,1H3/p+1. The molecule has 2 atom stereocenters. The fraction of sp³-hybridized carbons (Fsp3) is 0.889. The number of hydrogen-bond donors (Lipinski definition) is 1. The molecule has 0 radical (unpaired) electrons. The zero-order valence-corrected chi connectivity index (χ0v) is 7.68. The van der Waals surface area contributed by atoms with E-state index in [1.807, 2.05) is 0 Å². The van der Waals surface area contributed by atoms with Gasteiger partial charge in [0.15, 0.2) is 6.54 Å². The third-order valence-electron chi connectivity index (χ3n) is 3.38. The molecule has 0 bridgehead atoms. The molecule has 2 aliphatic rings. The third-order valence-corrected chi connectivity index (χ3v) is 3.38. The molecule has 0 aromatic carbocycles. The van der Waals surface area contributed by atoms with Crippen molar-refractivity contribution in [2.75, 3.05) is 26.7 Å². The molecule has 0 saturated carbocycles. The average molecular weight is 169 g/mol. The number of fused-ring (bicyclic) bond motifs is 1. The Hall–Kier alpha value is -0.570.